The highest BCUT2D eigenvalue weighted by molar-refractivity contribution is 5.70. The number of ether oxygens (including phenoxy) is 4. The number of hydrogen-bond donors (Lipinski definition) is 0. The van der Waals surface area contributed by atoms with E-state index in [0.29, 0.717) is 45.3 Å². The molecule has 0 bridgehead atoms. The van der Waals surface area contributed by atoms with Crippen molar-refractivity contribution in [3.8, 4) is 0 Å². The first-order valence-corrected chi connectivity index (χ1v) is 22.1. The standard InChI is InChI=1S/C46H80O7/c1-4-7-10-13-14-15-16-17-20-24-32-43(51-38-41-29-22-21-23-30-41)36-37-50-44(47)35-28-27-31-42(39-52-45(48)33-25-18-11-8-5-2)40-53-46(49)34-26-19-12-9-6-3/h21-23,29-30,42-43H,4-20,24-28,31-40H2,1-3H3. The van der Waals surface area contributed by atoms with Crippen LogP contribution in [0.15, 0.2) is 30.3 Å². The van der Waals surface area contributed by atoms with Gasteiger partial charge >= 0.3 is 17.9 Å². The van der Waals surface area contributed by atoms with Crippen molar-refractivity contribution in [1.82, 2.24) is 0 Å². The SMILES string of the molecule is CCCCCCCCCCCCC(CCOC(=O)CCCCC(COC(=O)CCCCCCC)COC(=O)CCCCCCC)OCc1ccccc1. The molecule has 0 amide bonds. The van der Waals surface area contributed by atoms with E-state index < -0.39 is 0 Å². The highest BCUT2D eigenvalue weighted by atomic mass is 16.5. The van der Waals surface area contributed by atoms with E-state index in [1.54, 1.807) is 0 Å². The summed E-state index contributed by atoms with van der Waals surface area (Å²) >= 11 is 0. The third kappa shape index (κ3) is 31.6. The molecule has 7 heteroatoms. The van der Waals surface area contributed by atoms with Gasteiger partial charge in [-0.2, -0.15) is 0 Å². The number of benzene rings is 1. The van der Waals surface area contributed by atoms with Crippen LogP contribution in [0.5, 0.6) is 0 Å². The van der Waals surface area contributed by atoms with Gasteiger partial charge in [-0.15, -0.1) is 0 Å². The minimum atomic E-state index is -0.189. The van der Waals surface area contributed by atoms with Gasteiger partial charge in [-0.05, 0) is 37.7 Å². The highest BCUT2D eigenvalue weighted by Gasteiger charge is 2.16. The zero-order chi connectivity index (χ0) is 38.5. The summed E-state index contributed by atoms with van der Waals surface area (Å²) in [6, 6.07) is 10.3. The van der Waals surface area contributed by atoms with Gasteiger partial charge < -0.3 is 18.9 Å². The number of hydrogen-bond acceptors (Lipinski definition) is 7. The lowest BCUT2D eigenvalue weighted by Crippen LogP contribution is -2.21. The molecule has 0 heterocycles. The molecule has 0 aromatic heterocycles. The summed E-state index contributed by atoms with van der Waals surface area (Å²) in [7, 11) is 0. The van der Waals surface area contributed by atoms with Gasteiger partial charge in [-0.25, -0.2) is 0 Å². The van der Waals surface area contributed by atoms with E-state index in [4.69, 9.17) is 18.9 Å². The molecule has 1 unspecified atom stereocenters. The number of carbonyl (C=O) groups excluding carboxylic acids is 3. The maximum absolute atomic E-state index is 12.7. The largest absolute Gasteiger partial charge is 0.466 e. The predicted octanol–water partition coefficient (Wildman–Crippen LogP) is 12.8. The van der Waals surface area contributed by atoms with Gasteiger partial charge in [-0.3, -0.25) is 14.4 Å². The molecule has 0 N–H and O–H groups in total. The van der Waals surface area contributed by atoms with E-state index >= 15 is 0 Å². The molecular weight excluding hydrogens is 664 g/mol. The number of unbranched alkanes of at least 4 members (excludes halogenated alkanes) is 18. The summed E-state index contributed by atoms with van der Waals surface area (Å²) in [6.45, 7) is 8.03. The smallest absolute Gasteiger partial charge is 0.305 e. The van der Waals surface area contributed by atoms with Gasteiger partial charge in [0, 0.05) is 31.6 Å². The second-order valence-electron chi connectivity index (χ2n) is 15.2. The maximum Gasteiger partial charge on any atom is 0.305 e. The van der Waals surface area contributed by atoms with Crippen molar-refractivity contribution >= 4 is 17.9 Å². The van der Waals surface area contributed by atoms with E-state index in [-0.39, 0.29) is 43.1 Å². The summed E-state index contributed by atoms with van der Waals surface area (Å²) in [4.78, 5) is 37.4. The van der Waals surface area contributed by atoms with Crippen LogP contribution in [0.3, 0.4) is 0 Å². The summed E-state index contributed by atoms with van der Waals surface area (Å²) in [5.41, 5.74) is 1.16. The normalized spacial score (nSPS) is 11.8. The van der Waals surface area contributed by atoms with Crippen molar-refractivity contribution in [3.05, 3.63) is 35.9 Å². The van der Waals surface area contributed by atoms with Crippen molar-refractivity contribution in [1.29, 1.82) is 0 Å². The molecule has 0 saturated carbocycles. The molecule has 1 rings (SSSR count). The van der Waals surface area contributed by atoms with Gasteiger partial charge in [0.2, 0.25) is 0 Å². The van der Waals surface area contributed by atoms with Crippen LogP contribution in [0.1, 0.15) is 206 Å². The van der Waals surface area contributed by atoms with Crippen molar-refractivity contribution in [2.75, 3.05) is 19.8 Å². The molecule has 7 nitrogen and oxygen atoms in total. The summed E-state index contributed by atoms with van der Waals surface area (Å²) < 4.78 is 23.2. The van der Waals surface area contributed by atoms with Gasteiger partial charge in [0.15, 0.2) is 0 Å². The van der Waals surface area contributed by atoms with Crippen molar-refractivity contribution < 1.29 is 33.3 Å². The van der Waals surface area contributed by atoms with Gasteiger partial charge in [0.05, 0.1) is 32.5 Å². The fourth-order valence-corrected chi connectivity index (χ4v) is 6.56. The fraction of sp³-hybridized carbons (Fsp3) is 0.804. The Labute approximate surface area is 325 Å². The van der Waals surface area contributed by atoms with Crippen LogP contribution in [0.2, 0.25) is 0 Å². The molecule has 1 aromatic rings. The van der Waals surface area contributed by atoms with Gasteiger partial charge in [0.1, 0.15) is 0 Å². The Bertz CT molecular complexity index is 951. The molecule has 0 aliphatic carbocycles. The lowest BCUT2D eigenvalue weighted by atomic mass is 10.0. The second-order valence-corrected chi connectivity index (χ2v) is 15.2. The Balaban J connectivity index is 2.43. The zero-order valence-corrected chi connectivity index (χ0v) is 34.5. The lowest BCUT2D eigenvalue weighted by molar-refractivity contribution is -0.149. The van der Waals surface area contributed by atoms with Crippen LogP contribution in [0, 0.1) is 5.92 Å². The van der Waals surface area contributed by atoms with Crippen LogP contribution >= 0.6 is 0 Å². The maximum atomic E-state index is 12.7. The quantitative estimate of drug-likeness (QED) is 0.0378. The number of carbonyl (C=O) groups is 3. The first-order chi connectivity index (χ1) is 26.0. The average molecular weight is 745 g/mol. The average Bonchev–Trinajstić information content (AvgIpc) is 3.16. The van der Waals surface area contributed by atoms with E-state index in [0.717, 1.165) is 69.8 Å². The van der Waals surface area contributed by atoms with Crippen LogP contribution < -0.4 is 0 Å². The topological polar surface area (TPSA) is 88.1 Å². The van der Waals surface area contributed by atoms with Crippen LogP contribution in [-0.2, 0) is 39.9 Å². The minimum absolute atomic E-state index is 0.0657. The minimum Gasteiger partial charge on any atom is -0.466 e. The molecule has 0 aliphatic heterocycles. The Hall–Kier alpha value is -2.41. The second kappa shape index (κ2) is 36.6. The first kappa shape index (κ1) is 48.6. The van der Waals surface area contributed by atoms with Crippen molar-refractivity contribution in [2.45, 2.75) is 213 Å². The van der Waals surface area contributed by atoms with Gasteiger partial charge in [-0.1, -0.05) is 173 Å². The van der Waals surface area contributed by atoms with Crippen molar-refractivity contribution in [2.24, 2.45) is 5.92 Å². The fourth-order valence-electron chi connectivity index (χ4n) is 6.56. The zero-order valence-electron chi connectivity index (χ0n) is 34.5. The highest BCUT2D eigenvalue weighted by Crippen LogP contribution is 2.18. The third-order valence-corrected chi connectivity index (χ3v) is 10.1. The Morgan fingerprint density at radius 3 is 1.40 bits per heavy atom. The summed E-state index contributed by atoms with van der Waals surface area (Å²) in [5.74, 6) is -0.633. The lowest BCUT2D eigenvalue weighted by Gasteiger charge is -2.18. The van der Waals surface area contributed by atoms with Crippen LogP contribution in [-0.4, -0.2) is 43.8 Å². The molecule has 53 heavy (non-hydrogen) atoms. The molecular formula is C46H80O7. The molecule has 1 aromatic carbocycles. The Morgan fingerprint density at radius 2 is 0.887 bits per heavy atom. The molecule has 0 aliphatic rings. The Kier molecular flexibility index (Phi) is 33.5. The monoisotopic (exact) mass is 745 g/mol. The third-order valence-electron chi connectivity index (χ3n) is 10.1. The molecule has 0 saturated heterocycles. The van der Waals surface area contributed by atoms with E-state index in [2.05, 4.69) is 32.9 Å². The number of esters is 3. The predicted molar refractivity (Wildman–Crippen MR) is 218 cm³/mol. The summed E-state index contributed by atoms with van der Waals surface area (Å²) in [6.07, 6.45) is 28.9. The summed E-state index contributed by atoms with van der Waals surface area (Å²) in [5, 5.41) is 0. The van der Waals surface area contributed by atoms with E-state index in [1.165, 1.54) is 83.5 Å². The molecule has 0 radical (unpaired) electrons. The molecule has 1 atom stereocenters. The molecule has 0 fully saturated rings. The van der Waals surface area contributed by atoms with Gasteiger partial charge in [0.25, 0.3) is 0 Å². The van der Waals surface area contributed by atoms with E-state index in [9.17, 15) is 14.4 Å². The van der Waals surface area contributed by atoms with Crippen LogP contribution in [0.25, 0.3) is 0 Å². The molecule has 306 valence electrons. The van der Waals surface area contributed by atoms with Crippen molar-refractivity contribution in [3.63, 3.8) is 0 Å². The first-order valence-electron chi connectivity index (χ1n) is 22.1. The molecule has 0 spiro atoms. The number of rotatable bonds is 38. The Morgan fingerprint density at radius 1 is 0.472 bits per heavy atom. The van der Waals surface area contributed by atoms with E-state index in [1.807, 2.05) is 18.2 Å². The van der Waals surface area contributed by atoms with Crippen LogP contribution in [0.4, 0.5) is 0 Å².